The molecular formula is C27H44Cl2N4O3. The second-order valence-corrected chi connectivity index (χ2v) is 13.9. The number of aliphatic imine (C=N–C) groups is 1. The van der Waals surface area contributed by atoms with E-state index in [9.17, 15) is 15.0 Å². The van der Waals surface area contributed by atoms with Crippen LogP contribution in [0.25, 0.3) is 0 Å². The van der Waals surface area contributed by atoms with E-state index in [-0.39, 0.29) is 22.6 Å². The van der Waals surface area contributed by atoms with Gasteiger partial charge in [0, 0.05) is 36.4 Å². The molecule has 0 radical (unpaired) electrons. The number of rotatable bonds is 12. The van der Waals surface area contributed by atoms with Crippen LogP contribution in [-0.4, -0.2) is 74.3 Å². The molecule has 0 heterocycles. The average molecular weight is 544 g/mol. The van der Waals surface area contributed by atoms with Crippen LogP contribution in [0, 0.1) is 39.4 Å². The molecule has 5 unspecified atom stereocenters. The summed E-state index contributed by atoms with van der Waals surface area (Å²) in [6.07, 6.45) is 6.07. The number of nitrogens with one attached hydrogen (secondary N) is 2. The molecule has 36 heavy (non-hydrogen) atoms. The zero-order valence-corrected chi connectivity index (χ0v) is 23.9. The van der Waals surface area contributed by atoms with Crippen molar-refractivity contribution in [3.05, 3.63) is 0 Å². The van der Waals surface area contributed by atoms with Crippen molar-refractivity contribution in [3.63, 3.8) is 0 Å². The van der Waals surface area contributed by atoms with Crippen LogP contribution in [0.5, 0.6) is 0 Å². The van der Waals surface area contributed by atoms with Gasteiger partial charge < -0.3 is 21.0 Å². The van der Waals surface area contributed by atoms with Gasteiger partial charge in [-0.3, -0.25) is 14.7 Å². The van der Waals surface area contributed by atoms with Crippen molar-refractivity contribution in [1.29, 1.82) is 10.8 Å². The lowest BCUT2D eigenvalue weighted by Crippen LogP contribution is -2.49. The molecule has 0 aromatic carbocycles. The van der Waals surface area contributed by atoms with Crippen LogP contribution in [0.1, 0.15) is 79.6 Å². The highest BCUT2D eigenvalue weighted by molar-refractivity contribution is 6.69. The fraction of sp³-hybridized carbons (Fsp3) is 0.852. The van der Waals surface area contributed by atoms with Crippen LogP contribution >= 0.6 is 23.2 Å². The van der Waals surface area contributed by atoms with Crippen molar-refractivity contribution in [2.24, 2.45) is 33.6 Å². The monoisotopic (exact) mass is 542 g/mol. The van der Waals surface area contributed by atoms with Crippen LogP contribution in [0.4, 0.5) is 0 Å². The highest BCUT2D eigenvalue weighted by atomic mass is 35.5. The van der Waals surface area contributed by atoms with Gasteiger partial charge in [-0.1, -0.05) is 25.4 Å². The Bertz CT molecular complexity index is 866. The summed E-state index contributed by atoms with van der Waals surface area (Å²) >= 11 is 12.8. The molecule has 0 aromatic heterocycles. The second-order valence-electron chi connectivity index (χ2n) is 12.8. The Labute approximate surface area is 226 Å². The van der Waals surface area contributed by atoms with Crippen molar-refractivity contribution in [2.75, 3.05) is 13.1 Å². The third-order valence-corrected chi connectivity index (χ3v) is 9.66. The maximum absolute atomic E-state index is 11.5. The number of fused-ring (bicyclic) bond motifs is 1. The summed E-state index contributed by atoms with van der Waals surface area (Å²) in [7, 11) is 0. The van der Waals surface area contributed by atoms with Gasteiger partial charge >= 0.3 is 5.97 Å². The molecule has 3 aliphatic carbocycles. The molecule has 0 aromatic rings. The maximum atomic E-state index is 11.5. The Balaban J connectivity index is 1.68. The van der Waals surface area contributed by atoms with Crippen LogP contribution in [0.3, 0.4) is 0 Å². The number of alkyl halides is 1. The molecule has 0 spiro atoms. The van der Waals surface area contributed by atoms with E-state index >= 15 is 0 Å². The Morgan fingerprint density at radius 1 is 1.25 bits per heavy atom. The molecule has 3 saturated carbocycles. The predicted octanol–water partition coefficient (Wildman–Crippen LogP) is 5.45. The standard InChI is InChI=1S/C27H44Cl2N4O3/c1-16(28)12-27(5,36)15-33(18-10-20-21(11-18)25(20,2)3)14-22(31)19(13-30)23(29)32-17-6-8-26(4,9-7-17)24(34)35/h13,16-21,30-31,36H,6-12,14-15H2,1-5H3,(H,34,35). The summed E-state index contributed by atoms with van der Waals surface area (Å²) in [6, 6.07) is 0.186. The highest BCUT2D eigenvalue weighted by Crippen LogP contribution is 2.67. The van der Waals surface area contributed by atoms with E-state index in [1.165, 1.54) is 6.21 Å². The van der Waals surface area contributed by atoms with Gasteiger partial charge in [0.2, 0.25) is 0 Å². The van der Waals surface area contributed by atoms with E-state index in [1.807, 2.05) is 6.92 Å². The van der Waals surface area contributed by atoms with Gasteiger partial charge in [0.1, 0.15) is 5.17 Å². The zero-order valence-electron chi connectivity index (χ0n) is 22.4. The first-order valence-corrected chi connectivity index (χ1v) is 14.1. The summed E-state index contributed by atoms with van der Waals surface area (Å²) in [4.78, 5) is 18.3. The normalized spacial score (nSPS) is 35.0. The van der Waals surface area contributed by atoms with Crippen molar-refractivity contribution >= 4 is 46.3 Å². The number of hydrogen-bond donors (Lipinski definition) is 4. The average Bonchev–Trinajstić information content (AvgIpc) is 3.09. The van der Waals surface area contributed by atoms with E-state index < -0.39 is 22.9 Å². The summed E-state index contributed by atoms with van der Waals surface area (Å²) in [5.74, 6) is -0.126. The number of nitrogens with zero attached hydrogens (tertiary/aromatic N) is 2. The van der Waals surface area contributed by atoms with Gasteiger partial charge in [-0.15, -0.1) is 11.6 Å². The number of carbonyl (C=O) groups is 1. The lowest BCUT2D eigenvalue weighted by Gasteiger charge is -2.38. The lowest BCUT2D eigenvalue weighted by molar-refractivity contribution is -0.149. The number of halogens is 2. The molecule has 0 bridgehead atoms. The summed E-state index contributed by atoms with van der Waals surface area (Å²) in [6.45, 7) is 10.8. The molecule has 7 nitrogen and oxygen atoms in total. The van der Waals surface area contributed by atoms with E-state index in [0.29, 0.717) is 68.2 Å². The highest BCUT2D eigenvalue weighted by Gasteiger charge is 2.62. The Morgan fingerprint density at radius 2 is 1.81 bits per heavy atom. The van der Waals surface area contributed by atoms with E-state index in [4.69, 9.17) is 34.0 Å². The third-order valence-electron chi connectivity index (χ3n) is 9.17. The molecule has 3 fully saturated rings. The molecule has 9 heteroatoms. The fourth-order valence-corrected chi connectivity index (χ4v) is 7.33. The first-order chi connectivity index (χ1) is 16.6. The summed E-state index contributed by atoms with van der Waals surface area (Å²) in [5.41, 5.74) is -1.03. The Kier molecular flexibility index (Phi) is 9.02. The first kappa shape index (κ1) is 29.5. The minimum atomic E-state index is -0.985. The molecule has 3 rings (SSSR count). The summed E-state index contributed by atoms with van der Waals surface area (Å²) < 4.78 is 0. The van der Waals surface area contributed by atoms with Gasteiger partial charge in [0.15, 0.2) is 0 Å². The molecule has 3 aliphatic rings. The van der Waals surface area contributed by atoms with Crippen molar-refractivity contribution < 1.29 is 15.0 Å². The molecule has 4 N–H and O–H groups in total. The largest absolute Gasteiger partial charge is 0.481 e. The minimum Gasteiger partial charge on any atom is -0.481 e. The SMILES string of the molecule is CC(Cl)CC(C)(O)CN(CC(=N)C(C=N)C(Cl)=NC1CCC(C)(C(=O)O)CC1)C1CC2C(C1)C2(C)C. The second kappa shape index (κ2) is 11.0. The zero-order chi connectivity index (χ0) is 27.1. The Hall–Kier alpha value is -1.02. The third kappa shape index (κ3) is 6.69. The molecule has 0 amide bonds. The number of carboxylic acid groups (broad SMARTS) is 1. The smallest absolute Gasteiger partial charge is 0.309 e. The lowest BCUT2D eigenvalue weighted by atomic mass is 9.74. The van der Waals surface area contributed by atoms with Gasteiger partial charge in [-0.25, -0.2) is 0 Å². The minimum absolute atomic E-state index is 0.0913. The van der Waals surface area contributed by atoms with Crippen molar-refractivity contribution in [3.8, 4) is 0 Å². The van der Waals surface area contributed by atoms with Gasteiger partial charge in [0.05, 0.1) is 23.0 Å². The quantitative estimate of drug-likeness (QED) is 0.193. The van der Waals surface area contributed by atoms with Crippen LogP contribution in [0.2, 0.25) is 0 Å². The van der Waals surface area contributed by atoms with Crippen molar-refractivity contribution in [2.45, 2.75) is 103 Å². The molecular weight excluding hydrogens is 499 g/mol. The number of aliphatic carboxylic acids is 1. The molecule has 204 valence electrons. The van der Waals surface area contributed by atoms with E-state index in [0.717, 1.165) is 12.8 Å². The fourth-order valence-electron chi connectivity index (χ4n) is 6.66. The van der Waals surface area contributed by atoms with E-state index in [2.05, 4.69) is 23.7 Å². The number of aliphatic hydroxyl groups is 1. The van der Waals surface area contributed by atoms with Crippen LogP contribution in [0.15, 0.2) is 4.99 Å². The number of carboxylic acids is 1. The molecule has 0 aliphatic heterocycles. The molecule has 0 saturated heterocycles. The van der Waals surface area contributed by atoms with Crippen LogP contribution < -0.4 is 0 Å². The van der Waals surface area contributed by atoms with Crippen molar-refractivity contribution in [1.82, 2.24) is 4.90 Å². The van der Waals surface area contributed by atoms with Gasteiger partial charge in [-0.2, -0.15) is 0 Å². The van der Waals surface area contributed by atoms with Gasteiger partial charge in [0.25, 0.3) is 0 Å². The predicted molar refractivity (Wildman–Crippen MR) is 147 cm³/mol. The number of hydrogen-bond acceptors (Lipinski definition) is 6. The van der Waals surface area contributed by atoms with E-state index in [1.54, 1.807) is 13.8 Å². The summed E-state index contributed by atoms with van der Waals surface area (Å²) in [5, 5.41) is 37.4. The Morgan fingerprint density at radius 3 is 2.28 bits per heavy atom. The topological polar surface area (TPSA) is 121 Å². The maximum Gasteiger partial charge on any atom is 0.309 e. The first-order valence-electron chi connectivity index (χ1n) is 13.2. The van der Waals surface area contributed by atoms with Crippen LogP contribution in [-0.2, 0) is 4.79 Å². The van der Waals surface area contributed by atoms with Gasteiger partial charge in [-0.05, 0) is 83.0 Å². The molecule has 5 atom stereocenters.